The van der Waals surface area contributed by atoms with E-state index < -0.39 is 11.4 Å². The molecule has 0 saturated heterocycles. The van der Waals surface area contributed by atoms with Crippen LogP contribution in [0, 0.1) is 0 Å². The monoisotopic (exact) mass is 212 g/mol. The molecule has 4 nitrogen and oxygen atoms in total. The molecule has 0 aliphatic rings. The summed E-state index contributed by atoms with van der Waals surface area (Å²) < 4.78 is 10.4. The highest BCUT2D eigenvalue weighted by atomic mass is 16.5. The minimum Gasteiger partial charge on any atom is -0.481 e. The fourth-order valence-corrected chi connectivity index (χ4v) is 1.43. The Hall–Kier alpha value is -1.29. The molecular weight excluding hydrogens is 196 g/mol. The van der Waals surface area contributed by atoms with E-state index >= 15 is 0 Å². The third-order valence-corrected chi connectivity index (χ3v) is 2.21. The molecule has 1 aromatic heterocycles. The summed E-state index contributed by atoms with van der Waals surface area (Å²) in [6.45, 7) is 4.09. The molecule has 84 valence electrons. The van der Waals surface area contributed by atoms with E-state index in [1.54, 1.807) is 13.2 Å². The van der Waals surface area contributed by atoms with E-state index in [1.807, 2.05) is 19.9 Å². The van der Waals surface area contributed by atoms with Gasteiger partial charge in [0.1, 0.15) is 18.1 Å². The van der Waals surface area contributed by atoms with Crippen LogP contribution in [0.25, 0.3) is 0 Å². The molecule has 0 atom stereocenters. The van der Waals surface area contributed by atoms with Crippen molar-refractivity contribution in [1.29, 1.82) is 0 Å². The van der Waals surface area contributed by atoms with Gasteiger partial charge in [-0.15, -0.1) is 0 Å². The zero-order chi connectivity index (χ0) is 11.5. The van der Waals surface area contributed by atoms with Crippen LogP contribution in [0.15, 0.2) is 16.5 Å². The lowest BCUT2D eigenvalue weighted by Crippen LogP contribution is -2.20. The summed E-state index contributed by atoms with van der Waals surface area (Å²) >= 11 is 0. The van der Waals surface area contributed by atoms with Gasteiger partial charge < -0.3 is 14.3 Å². The van der Waals surface area contributed by atoms with Gasteiger partial charge >= 0.3 is 5.97 Å². The molecule has 0 saturated carbocycles. The molecule has 15 heavy (non-hydrogen) atoms. The van der Waals surface area contributed by atoms with Crippen LogP contribution in [0.1, 0.15) is 31.8 Å². The summed E-state index contributed by atoms with van der Waals surface area (Å²) in [5.74, 6) is 0.563. The van der Waals surface area contributed by atoms with E-state index in [0.717, 1.165) is 0 Å². The minimum atomic E-state index is -0.829. The summed E-state index contributed by atoms with van der Waals surface area (Å²) in [5.41, 5.74) is -0.488. The van der Waals surface area contributed by atoms with Gasteiger partial charge in [-0.05, 0) is 12.1 Å². The fourth-order valence-electron chi connectivity index (χ4n) is 1.43. The van der Waals surface area contributed by atoms with Crippen molar-refractivity contribution in [2.45, 2.75) is 32.3 Å². The Balaban J connectivity index is 2.80. The Morgan fingerprint density at radius 3 is 2.73 bits per heavy atom. The van der Waals surface area contributed by atoms with Crippen LogP contribution in [0.5, 0.6) is 0 Å². The molecule has 1 heterocycles. The van der Waals surface area contributed by atoms with Crippen molar-refractivity contribution in [1.82, 2.24) is 0 Å². The largest absolute Gasteiger partial charge is 0.481 e. The van der Waals surface area contributed by atoms with Gasteiger partial charge in [0, 0.05) is 12.5 Å². The first-order valence-electron chi connectivity index (χ1n) is 4.75. The quantitative estimate of drug-likeness (QED) is 0.812. The average Bonchev–Trinajstić information content (AvgIpc) is 2.51. The first-order valence-corrected chi connectivity index (χ1v) is 4.75. The zero-order valence-corrected chi connectivity index (χ0v) is 9.24. The predicted octanol–water partition coefficient (Wildman–Crippen LogP) is 2.18. The Labute approximate surface area is 88.8 Å². The molecule has 1 aromatic rings. The number of hydrogen-bond acceptors (Lipinski definition) is 3. The molecule has 4 heteroatoms. The first-order chi connectivity index (χ1) is 6.95. The Morgan fingerprint density at radius 2 is 2.20 bits per heavy atom. The highest BCUT2D eigenvalue weighted by Gasteiger charge is 2.27. The van der Waals surface area contributed by atoms with Crippen LogP contribution < -0.4 is 0 Å². The van der Waals surface area contributed by atoms with Crippen molar-refractivity contribution < 1.29 is 19.1 Å². The Kier molecular flexibility index (Phi) is 3.52. The smallest absolute Gasteiger partial charge is 0.304 e. The Morgan fingerprint density at radius 1 is 1.53 bits per heavy atom. The summed E-state index contributed by atoms with van der Waals surface area (Å²) in [7, 11) is 1.59. The SMILES string of the molecule is COCc1ccc(C(C)(C)CC(=O)O)o1. The molecular formula is C11H16O4. The second-order valence-corrected chi connectivity index (χ2v) is 4.15. The van der Waals surface area contributed by atoms with Crippen LogP contribution >= 0.6 is 0 Å². The standard InChI is InChI=1S/C11H16O4/c1-11(2,6-10(12)13)9-5-4-8(15-9)7-14-3/h4-5H,6-7H2,1-3H3,(H,12,13). The van der Waals surface area contributed by atoms with E-state index in [4.69, 9.17) is 14.3 Å². The Bertz CT molecular complexity index is 338. The number of carboxylic acids is 1. The predicted molar refractivity (Wildman–Crippen MR) is 54.7 cm³/mol. The van der Waals surface area contributed by atoms with Gasteiger partial charge in [0.05, 0.1) is 6.42 Å². The van der Waals surface area contributed by atoms with Crippen LogP contribution in [0.4, 0.5) is 0 Å². The highest BCUT2D eigenvalue weighted by Crippen LogP contribution is 2.28. The number of furan rings is 1. The summed E-state index contributed by atoms with van der Waals surface area (Å²) in [6.07, 6.45) is 0.0485. The summed E-state index contributed by atoms with van der Waals surface area (Å²) in [4.78, 5) is 10.7. The van der Waals surface area contributed by atoms with Gasteiger partial charge in [0.25, 0.3) is 0 Å². The third-order valence-electron chi connectivity index (χ3n) is 2.21. The lowest BCUT2D eigenvalue weighted by atomic mass is 9.87. The number of rotatable bonds is 5. The van der Waals surface area contributed by atoms with Crippen molar-refractivity contribution in [3.05, 3.63) is 23.7 Å². The van der Waals surface area contributed by atoms with Crippen molar-refractivity contribution in [2.75, 3.05) is 7.11 Å². The van der Waals surface area contributed by atoms with Crippen molar-refractivity contribution in [3.63, 3.8) is 0 Å². The van der Waals surface area contributed by atoms with Crippen LogP contribution in [0.3, 0.4) is 0 Å². The maximum absolute atomic E-state index is 10.7. The number of methoxy groups -OCH3 is 1. The second-order valence-electron chi connectivity index (χ2n) is 4.15. The van der Waals surface area contributed by atoms with E-state index in [0.29, 0.717) is 18.1 Å². The van der Waals surface area contributed by atoms with E-state index in [9.17, 15) is 4.79 Å². The zero-order valence-electron chi connectivity index (χ0n) is 9.24. The molecule has 0 amide bonds. The molecule has 0 unspecified atom stereocenters. The van der Waals surface area contributed by atoms with Crippen LogP contribution in [0.2, 0.25) is 0 Å². The molecule has 1 rings (SSSR count). The van der Waals surface area contributed by atoms with Gasteiger partial charge in [-0.2, -0.15) is 0 Å². The number of aliphatic carboxylic acids is 1. The molecule has 0 aliphatic heterocycles. The highest BCUT2D eigenvalue weighted by molar-refractivity contribution is 5.68. The van der Waals surface area contributed by atoms with E-state index in [2.05, 4.69) is 0 Å². The number of hydrogen-bond donors (Lipinski definition) is 1. The molecule has 0 fully saturated rings. The number of ether oxygens (including phenoxy) is 1. The fraction of sp³-hybridized carbons (Fsp3) is 0.545. The lowest BCUT2D eigenvalue weighted by Gasteiger charge is -2.19. The summed E-state index contributed by atoms with van der Waals surface area (Å²) in [6, 6.07) is 3.61. The number of carboxylic acid groups (broad SMARTS) is 1. The van der Waals surface area contributed by atoms with E-state index in [1.165, 1.54) is 0 Å². The maximum atomic E-state index is 10.7. The second kappa shape index (κ2) is 4.49. The van der Waals surface area contributed by atoms with Crippen LogP contribution in [-0.4, -0.2) is 18.2 Å². The van der Waals surface area contributed by atoms with Crippen molar-refractivity contribution in [3.8, 4) is 0 Å². The molecule has 0 radical (unpaired) electrons. The molecule has 0 spiro atoms. The van der Waals surface area contributed by atoms with Gasteiger partial charge in [0.15, 0.2) is 0 Å². The normalized spacial score (nSPS) is 11.7. The molecule has 0 bridgehead atoms. The van der Waals surface area contributed by atoms with Crippen LogP contribution in [-0.2, 0) is 21.6 Å². The number of carbonyl (C=O) groups is 1. The molecule has 1 N–H and O–H groups in total. The average molecular weight is 212 g/mol. The topological polar surface area (TPSA) is 59.7 Å². The third kappa shape index (κ3) is 3.09. The van der Waals surface area contributed by atoms with Crippen molar-refractivity contribution >= 4 is 5.97 Å². The summed E-state index contributed by atoms with van der Waals surface area (Å²) in [5, 5.41) is 8.75. The van der Waals surface area contributed by atoms with Gasteiger partial charge in [-0.25, -0.2) is 0 Å². The van der Waals surface area contributed by atoms with E-state index in [-0.39, 0.29) is 6.42 Å². The van der Waals surface area contributed by atoms with Gasteiger partial charge in [0.2, 0.25) is 0 Å². The van der Waals surface area contributed by atoms with Crippen molar-refractivity contribution in [2.24, 2.45) is 0 Å². The maximum Gasteiger partial charge on any atom is 0.304 e. The van der Waals surface area contributed by atoms with Gasteiger partial charge in [-0.1, -0.05) is 13.8 Å². The molecule has 0 aromatic carbocycles. The first kappa shape index (κ1) is 11.8. The lowest BCUT2D eigenvalue weighted by molar-refractivity contribution is -0.138. The minimum absolute atomic E-state index is 0.0485. The van der Waals surface area contributed by atoms with Gasteiger partial charge in [-0.3, -0.25) is 4.79 Å². The molecule has 0 aliphatic carbocycles.